The van der Waals surface area contributed by atoms with Gasteiger partial charge < -0.3 is 15.4 Å². The van der Waals surface area contributed by atoms with Gasteiger partial charge in [0.05, 0.1) is 5.69 Å². The average Bonchev–Trinajstić information content (AvgIpc) is 2.60. The Balaban J connectivity index is 1.81. The number of anilines is 1. The molecule has 1 amide bonds. The molecule has 2 N–H and O–H groups in total. The van der Waals surface area contributed by atoms with E-state index >= 15 is 0 Å². The summed E-state index contributed by atoms with van der Waals surface area (Å²) in [6.45, 7) is 6.78. The normalized spacial score (nSPS) is 13.9. The Morgan fingerprint density at radius 3 is 2.82 bits per heavy atom. The number of rotatable bonds is 8. The molecule has 0 saturated carbocycles. The minimum Gasteiger partial charge on any atom is -0.490 e. The number of hydrogen-bond acceptors (Lipinski definition) is 4. The molecule has 28 heavy (non-hydrogen) atoms. The first-order chi connectivity index (χ1) is 13.5. The zero-order chi connectivity index (χ0) is 20.1. The van der Waals surface area contributed by atoms with Crippen molar-refractivity contribution in [2.24, 2.45) is 0 Å². The summed E-state index contributed by atoms with van der Waals surface area (Å²) in [5.74, 6) is 0.444. The van der Waals surface area contributed by atoms with Crippen molar-refractivity contribution < 1.29 is 9.53 Å². The van der Waals surface area contributed by atoms with E-state index in [0.717, 1.165) is 29.7 Å². The third kappa shape index (κ3) is 5.35. The Kier molecular flexibility index (Phi) is 7.13. The number of nitrogens with one attached hydrogen (secondary N) is 2. The zero-order valence-corrected chi connectivity index (χ0v) is 18.0. The molecule has 0 radical (unpaired) electrons. The van der Waals surface area contributed by atoms with Crippen LogP contribution in [0.1, 0.15) is 15.9 Å². The lowest BCUT2D eigenvalue weighted by atomic mass is 10.1. The third-order valence-corrected chi connectivity index (χ3v) is 5.48. The minimum atomic E-state index is -0.207. The lowest BCUT2D eigenvalue weighted by Gasteiger charge is -2.35. The second-order valence-corrected chi connectivity index (χ2v) is 8.06. The van der Waals surface area contributed by atoms with Gasteiger partial charge in [-0.2, -0.15) is 0 Å². The number of benzene rings is 2. The van der Waals surface area contributed by atoms with Crippen molar-refractivity contribution in [3.05, 3.63) is 69.7 Å². The van der Waals surface area contributed by atoms with E-state index < -0.39 is 0 Å². The Morgan fingerprint density at radius 2 is 2.18 bits per heavy atom. The summed E-state index contributed by atoms with van der Waals surface area (Å²) in [6.07, 6.45) is 1.68. The Bertz CT molecular complexity index is 871. The van der Waals surface area contributed by atoms with Gasteiger partial charge in [0.15, 0.2) is 0 Å². The lowest BCUT2D eigenvalue weighted by Crippen LogP contribution is -2.55. The number of carbonyl (C=O) groups is 1. The van der Waals surface area contributed by atoms with Gasteiger partial charge in [0, 0.05) is 40.7 Å². The minimum absolute atomic E-state index is 0.207. The van der Waals surface area contributed by atoms with Gasteiger partial charge in [0.1, 0.15) is 12.4 Å². The first-order valence-corrected chi connectivity index (χ1v) is 10.2. The molecule has 0 aromatic heterocycles. The van der Waals surface area contributed by atoms with Crippen LogP contribution in [0.25, 0.3) is 0 Å². The maximum atomic E-state index is 12.9. The summed E-state index contributed by atoms with van der Waals surface area (Å²) in [5, 5.41) is 6.79. The van der Waals surface area contributed by atoms with Crippen molar-refractivity contribution in [2.45, 2.75) is 12.6 Å². The molecule has 0 spiro atoms. The van der Waals surface area contributed by atoms with Crippen LogP contribution in [0.4, 0.5) is 5.69 Å². The molecular formula is C21H23BrClN3O2. The van der Waals surface area contributed by atoms with Gasteiger partial charge in [-0.15, -0.1) is 0 Å². The highest BCUT2D eigenvalue weighted by molar-refractivity contribution is 9.10. The maximum Gasteiger partial charge on any atom is 0.255 e. The number of nitrogens with zero attached hydrogens (tertiary/aromatic N) is 1. The van der Waals surface area contributed by atoms with Gasteiger partial charge >= 0.3 is 0 Å². The van der Waals surface area contributed by atoms with E-state index in [-0.39, 0.29) is 5.91 Å². The highest BCUT2D eigenvalue weighted by Gasteiger charge is 2.22. The van der Waals surface area contributed by atoms with Crippen LogP contribution >= 0.6 is 27.5 Å². The first kappa shape index (κ1) is 20.9. The standard InChI is InChI=1S/C21H23BrClN3O2/c1-3-6-28-18-8-14(13-26(2)17-11-24-12-17)7-15(9-18)21(27)25-20-5-4-16(23)10-19(20)22/h3-5,7-10,17,24H,1,6,11-13H2,2H3,(H,25,27). The molecule has 0 unspecified atom stereocenters. The Morgan fingerprint density at radius 1 is 1.39 bits per heavy atom. The van der Waals surface area contributed by atoms with Crippen LogP contribution in [0.3, 0.4) is 0 Å². The molecule has 1 aliphatic rings. The smallest absolute Gasteiger partial charge is 0.255 e. The van der Waals surface area contributed by atoms with Crippen LogP contribution in [-0.4, -0.2) is 43.6 Å². The van der Waals surface area contributed by atoms with E-state index in [9.17, 15) is 4.79 Å². The number of hydrogen-bond donors (Lipinski definition) is 2. The number of likely N-dealkylation sites (N-methyl/N-ethyl adjacent to an activating group) is 1. The predicted octanol–water partition coefficient (Wildman–Crippen LogP) is 4.32. The molecule has 1 fully saturated rings. The quantitative estimate of drug-likeness (QED) is 0.571. The largest absolute Gasteiger partial charge is 0.490 e. The summed E-state index contributed by atoms with van der Waals surface area (Å²) in [4.78, 5) is 15.1. The summed E-state index contributed by atoms with van der Waals surface area (Å²) in [5.41, 5.74) is 2.22. The molecular weight excluding hydrogens is 442 g/mol. The van der Waals surface area contributed by atoms with E-state index in [0.29, 0.717) is 34.7 Å². The second kappa shape index (κ2) is 9.56. The van der Waals surface area contributed by atoms with Crippen molar-refractivity contribution in [1.29, 1.82) is 0 Å². The number of carbonyl (C=O) groups excluding carboxylic acids is 1. The SMILES string of the molecule is C=CCOc1cc(CN(C)C2CNC2)cc(C(=O)Nc2ccc(Cl)cc2Br)c1. The fourth-order valence-electron chi connectivity index (χ4n) is 2.91. The van der Waals surface area contributed by atoms with E-state index in [1.54, 1.807) is 30.3 Å². The van der Waals surface area contributed by atoms with Crippen LogP contribution in [0, 0.1) is 0 Å². The molecule has 148 valence electrons. The average molecular weight is 465 g/mol. The molecule has 2 aromatic rings. The molecule has 1 aliphatic heterocycles. The van der Waals surface area contributed by atoms with Crippen LogP contribution < -0.4 is 15.4 Å². The second-order valence-electron chi connectivity index (χ2n) is 6.77. The van der Waals surface area contributed by atoms with Gasteiger partial charge in [-0.3, -0.25) is 9.69 Å². The van der Waals surface area contributed by atoms with Crippen LogP contribution in [0.15, 0.2) is 53.5 Å². The maximum absolute atomic E-state index is 12.9. The van der Waals surface area contributed by atoms with Crippen LogP contribution in [-0.2, 0) is 6.54 Å². The summed E-state index contributed by atoms with van der Waals surface area (Å²) >= 11 is 9.40. The van der Waals surface area contributed by atoms with E-state index in [4.69, 9.17) is 16.3 Å². The summed E-state index contributed by atoms with van der Waals surface area (Å²) in [7, 11) is 2.09. The fourth-order valence-corrected chi connectivity index (χ4v) is 3.69. The molecule has 1 heterocycles. The summed E-state index contributed by atoms with van der Waals surface area (Å²) < 4.78 is 6.43. The molecule has 2 aromatic carbocycles. The van der Waals surface area contributed by atoms with Crippen molar-refractivity contribution in [1.82, 2.24) is 10.2 Å². The van der Waals surface area contributed by atoms with Crippen molar-refractivity contribution >= 4 is 39.1 Å². The molecule has 1 saturated heterocycles. The van der Waals surface area contributed by atoms with Crippen LogP contribution in [0.5, 0.6) is 5.75 Å². The van der Waals surface area contributed by atoms with Gasteiger partial charge in [-0.05, 0) is 64.9 Å². The monoisotopic (exact) mass is 463 g/mol. The third-order valence-electron chi connectivity index (χ3n) is 4.59. The van der Waals surface area contributed by atoms with Gasteiger partial charge in [0.2, 0.25) is 0 Å². The van der Waals surface area contributed by atoms with Gasteiger partial charge in [-0.1, -0.05) is 24.3 Å². The summed E-state index contributed by atoms with van der Waals surface area (Å²) in [6, 6.07) is 11.4. The van der Waals surface area contributed by atoms with Crippen molar-refractivity contribution in [3.8, 4) is 5.75 Å². The molecule has 0 bridgehead atoms. The lowest BCUT2D eigenvalue weighted by molar-refractivity contribution is 0.102. The first-order valence-electron chi connectivity index (χ1n) is 9.01. The molecule has 3 rings (SSSR count). The number of halogens is 2. The Labute approximate surface area is 178 Å². The van der Waals surface area contributed by atoms with E-state index in [2.05, 4.69) is 45.1 Å². The van der Waals surface area contributed by atoms with Gasteiger partial charge in [0.25, 0.3) is 5.91 Å². The van der Waals surface area contributed by atoms with E-state index in [1.807, 2.05) is 12.1 Å². The molecule has 7 heteroatoms. The number of ether oxygens (including phenoxy) is 1. The van der Waals surface area contributed by atoms with Crippen molar-refractivity contribution in [2.75, 3.05) is 32.1 Å². The zero-order valence-electron chi connectivity index (χ0n) is 15.7. The highest BCUT2D eigenvalue weighted by atomic mass is 79.9. The molecule has 5 nitrogen and oxygen atoms in total. The number of amides is 1. The molecule has 0 aliphatic carbocycles. The van der Waals surface area contributed by atoms with Crippen LogP contribution in [0.2, 0.25) is 5.02 Å². The molecule has 0 atom stereocenters. The van der Waals surface area contributed by atoms with E-state index in [1.165, 1.54) is 0 Å². The predicted molar refractivity (Wildman–Crippen MR) is 117 cm³/mol. The van der Waals surface area contributed by atoms with Crippen molar-refractivity contribution in [3.63, 3.8) is 0 Å². The topological polar surface area (TPSA) is 53.6 Å². The Hall–Kier alpha value is -1.86. The van der Waals surface area contributed by atoms with Gasteiger partial charge in [-0.25, -0.2) is 0 Å². The fraction of sp³-hybridized carbons (Fsp3) is 0.286. The highest BCUT2D eigenvalue weighted by Crippen LogP contribution is 2.27.